The zero-order valence-corrected chi connectivity index (χ0v) is 19.5. The third-order valence-electron chi connectivity index (χ3n) is 5.65. The number of carbonyl (C=O) groups excluding carboxylic acids is 1. The van der Waals surface area contributed by atoms with Crippen LogP contribution in [0.5, 0.6) is 0 Å². The lowest BCUT2D eigenvalue weighted by Crippen LogP contribution is -2.35. The maximum absolute atomic E-state index is 12.7. The molecule has 0 aliphatic heterocycles. The molecule has 1 atom stereocenters. The molecule has 1 amide bonds. The van der Waals surface area contributed by atoms with Crippen molar-refractivity contribution in [3.8, 4) is 21.7 Å². The average Bonchev–Trinajstić information content (AvgIpc) is 3.53. The molecule has 2 heterocycles. The van der Waals surface area contributed by atoms with E-state index < -0.39 is 18.1 Å². The molecule has 1 unspecified atom stereocenters. The quantitative estimate of drug-likeness (QED) is 0.306. The van der Waals surface area contributed by atoms with Crippen molar-refractivity contribution in [2.24, 2.45) is 0 Å². The zero-order chi connectivity index (χ0) is 22.9. The first kappa shape index (κ1) is 21.4. The number of carbonyl (C=O) groups is 2. The monoisotopic (exact) mass is 523 g/mol. The number of fused-ring (bicyclic) bond motifs is 3. The first-order valence-electron chi connectivity index (χ1n) is 10.2. The molecule has 9 heteroatoms. The predicted octanol–water partition coefficient (Wildman–Crippen LogP) is 5.57. The van der Waals surface area contributed by atoms with Gasteiger partial charge in [-0.2, -0.15) is 5.10 Å². The highest BCUT2D eigenvalue weighted by Crippen LogP contribution is 2.44. The topological polar surface area (TPSA) is 104 Å². The summed E-state index contributed by atoms with van der Waals surface area (Å²) in [6.07, 6.45) is 0.606. The number of hydrogen-bond donors (Lipinski definition) is 3. The Balaban J connectivity index is 1.33. The first-order chi connectivity index (χ1) is 16.0. The van der Waals surface area contributed by atoms with Crippen LogP contribution in [0.15, 0.2) is 70.6 Å². The summed E-state index contributed by atoms with van der Waals surface area (Å²) in [4.78, 5) is 25.4. The number of halogens is 1. The highest BCUT2D eigenvalue weighted by atomic mass is 79.9. The van der Waals surface area contributed by atoms with Crippen molar-refractivity contribution in [1.82, 2.24) is 15.5 Å². The molecule has 2 aromatic heterocycles. The molecule has 4 aromatic rings. The molecule has 0 saturated carbocycles. The van der Waals surface area contributed by atoms with E-state index in [4.69, 9.17) is 4.74 Å². The Labute approximate surface area is 201 Å². The van der Waals surface area contributed by atoms with E-state index in [9.17, 15) is 14.7 Å². The lowest BCUT2D eigenvalue weighted by atomic mass is 9.98. The lowest BCUT2D eigenvalue weighted by molar-refractivity contribution is -0.139. The average molecular weight is 524 g/mol. The summed E-state index contributed by atoms with van der Waals surface area (Å²) in [7, 11) is 0. The highest BCUT2D eigenvalue weighted by Gasteiger charge is 2.31. The van der Waals surface area contributed by atoms with E-state index in [1.165, 1.54) is 17.5 Å². The van der Waals surface area contributed by atoms with Crippen molar-refractivity contribution in [2.75, 3.05) is 6.61 Å². The molecule has 0 spiro atoms. The van der Waals surface area contributed by atoms with E-state index in [1.807, 2.05) is 48.5 Å². The van der Waals surface area contributed by atoms with Crippen LogP contribution in [0.25, 0.3) is 21.7 Å². The fourth-order valence-corrected chi connectivity index (χ4v) is 5.59. The van der Waals surface area contributed by atoms with Gasteiger partial charge in [-0.1, -0.05) is 48.5 Å². The van der Waals surface area contributed by atoms with Crippen LogP contribution in [0.1, 0.15) is 28.7 Å². The second kappa shape index (κ2) is 8.84. The van der Waals surface area contributed by atoms with Gasteiger partial charge in [-0.05, 0) is 50.3 Å². The van der Waals surface area contributed by atoms with Gasteiger partial charge in [-0.25, -0.2) is 9.59 Å². The number of aromatic amines is 1. The number of thiophene rings is 1. The Bertz CT molecular complexity index is 1300. The molecule has 7 nitrogen and oxygen atoms in total. The van der Waals surface area contributed by atoms with Gasteiger partial charge in [-0.15, -0.1) is 11.3 Å². The second-order valence-corrected chi connectivity index (χ2v) is 10.0. The maximum Gasteiger partial charge on any atom is 0.408 e. The Morgan fingerprint density at radius 3 is 2.36 bits per heavy atom. The smallest absolute Gasteiger partial charge is 0.408 e. The van der Waals surface area contributed by atoms with Gasteiger partial charge >= 0.3 is 12.1 Å². The molecule has 33 heavy (non-hydrogen) atoms. The van der Waals surface area contributed by atoms with Gasteiger partial charge in [0.1, 0.15) is 6.61 Å². The van der Waals surface area contributed by atoms with Crippen molar-refractivity contribution in [2.45, 2.75) is 12.0 Å². The van der Waals surface area contributed by atoms with Crippen LogP contribution < -0.4 is 5.32 Å². The van der Waals surface area contributed by atoms with Crippen LogP contribution in [0.2, 0.25) is 0 Å². The second-order valence-electron chi connectivity index (χ2n) is 7.55. The molecule has 1 aliphatic carbocycles. The number of aliphatic carboxylic acids is 1. The largest absolute Gasteiger partial charge is 0.479 e. The van der Waals surface area contributed by atoms with E-state index in [2.05, 4.69) is 43.6 Å². The summed E-state index contributed by atoms with van der Waals surface area (Å²) in [6, 6.07) is 18.4. The van der Waals surface area contributed by atoms with E-state index >= 15 is 0 Å². The van der Waals surface area contributed by atoms with Gasteiger partial charge in [0.25, 0.3) is 0 Å². The number of carboxylic acid groups (broad SMARTS) is 1. The number of hydrogen-bond acceptors (Lipinski definition) is 5. The Kier molecular flexibility index (Phi) is 5.74. The first-order valence-corrected chi connectivity index (χ1v) is 11.8. The van der Waals surface area contributed by atoms with Crippen molar-refractivity contribution >= 4 is 39.3 Å². The number of H-pyrrole nitrogens is 1. The van der Waals surface area contributed by atoms with Crippen molar-refractivity contribution in [1.29, 1.82) is 0 Å². The summed E-state index contributed by atoms with van der Waals surface area (Å²) in [6.45, 7) is 0.0995. The number of rotatable bonds is 6. The third kappa shape index (κ3) is 4.05. The van der Waals surface area contributed by atoms with Crippen LogP contribution in [0, 0.1) is 0 Å². The van der Waals surface area contributed by atoms with Crippen LogP contribution >= 0.6 is 27.3 Å². The zero-order valence-electron chi connectivity index (χ0n) is 17.1. The number of aromatic nitrogens is 2. The van der Waals surface area contributed by atoms with E-state index in [0.717, 1.165) is 30.9 Å². The molecule has 0 saturated heterocycles. The van der Waals surface area contributed by atoms with Gasteiger partial charge in [0.15, 0.2) is 6.04 Å². The number of carboxylic acids is 1. The number of nitrogens with one attached hydrogen (secondary N) is 2. The van der Waals surface area contributed by atoms with Crippen molar-refractivity contribution < 1.29 is 19.4 Å². The van der Waals surface area contributed by atoms with Crippen LogP contribution in [-0.2, 0) is 9.53 Å². The summed E-state index contributed by atoms with van der Waals surface area (Å²) in [5, 5.41) is 19.1. The molecular formula is C24H18BrN3O4S. The molecule has 5 rings (SSSR count). The van der Waals surface area contributed by atoms with Gasteiger partial charge in [0.2, 0.25) is 0 Å². The molecule has 3 N–H and O–H groups in total. The van der Waals surface area contributed by atoms with Gasteiger partial charge in [-0.3, -0.25) is 5.10 Å². The molecule has 0 bridgehead atoms. The van der Waals surface area contributed by atoms with Gasteiger partial charge in [0.05, 0.1) is 20.6 Å². The van der Waals surface area contributed by atoms with Crippen molar-refractivity contribution in [3.05, 3.63) is 87.3 Å². The Hall–Kier alpha value is -3.43. The molecule has 2 aromatic carbocycles. The summed E-state index contributed by atoms with van der Waals surface area (Å²) in [5.74, 6) is -1.32. The summed E-state index contributed by atoms with van der Waals surface area (Å²) < 4.78 is 6.42. The number of ether oxygens (including phenoxy) is 1. The number of alkyl carbamates (subject to hydrolysis) is 1. The van der Waals surface area contributed by atoms with Crippen LogP contribution in [0.4, 0.5) is 4.79 Å². The molecule has 0 fully saturated rings. The minimum Gasteiger partial charge on any atom is -0.479 e. The molecule has 0 radical (unpaired) electrons. The molecule has 166 valence electrons. The van der Waals surface area contributed by atoms with Crippen LogP contribution in [-0.4, -0.2) is 34.0 Å². The van der Waals surface area contributed by atoms with Crippen molar-refractivity contribution in [3.63, 3.8) is 0 Å². The third-order valence-corrected chi connectivity index (χ3v) is 7.29. The molecular weight excluding hydrogens is 506 g/mol. The minimum absolute atomic E-state index is 0.0995. The predicted molar refractivity (Wildman–Crippen MR) is 128 cm³/mol. The maximum atomic E-state index is 12.7. The lowest BCUT2D eigenvalue weighted by Gasteiger charge is -2.17. The summed E-state index contributed by atoms with van der Waals surface area (Å²) in [5.41, 5.74) is 5.30. The van der Waals surface area contributed by atoms with E-state index in [1.54, 1.807) is 0 Å². The van der Waals surface area contributed by atoms with Gasteiger partial charge < -0.3 is 15.2 Å². The fraction of sp³-hybridized carbons (Fsp3) is 0.125. The highest BCUT2D eigenvalue weighted by molar-refractivity contribution is 9.11. The normalized spacial score (nSPS) is 13.2. The van der Waals surface area contributed by atoms with Crippen LogP contribution in [0.3, 0.4) is 0 Å². The van der Waals surface area contributed by atoms with E-state index in [-0.39, 0.29) is 12.5 Å². The summed E-state index contributed by atoms with van der Waals surface area (Å²) >= 11 is 4.83. The fourth-order valence-electron chi connectivity index (χ4n) is 4.19. The van der Waals surface area contributed by atoms with E-state index in [0.29, 0.717) is 11.3 Å². The standard InChI is InChI=1S/C24H18BrN3O4S/c25-20-10-9-19(33-20)21-17(11-26-28-21)22(23(29)30)27-24(31)32-12-18-15-7-3-1-5-13(15)14-6-2-4-8-16(14)18/h1-11,18,22H,12H2,(H,26,28)(H,27,31)(H,29,30). The Morgan fingerprint density at radius 1 is 1.09 bits per heavy atom. The number of benzene rings is 2. The van der Waals surface area contributed by atoms with Gasteiger partial charge in [0, 0.05) is 11.5 Å². The Morgan fingerprint density at radius 2 is 1.76 bits per heavy atom. The minimum atomic E-state index is -1.31. The SMILES string of the molecule is O=C(NC(C(=O)O)c1cn[nH]c1-c1ccc(Br)s1)OCC1c2ccccc2-c2ccccc21. The number of nitrogens with zero attached hydrogens (tertiary/aromatic N) is 1. The molecule has 1 aliphatic rings. The number of amides is 1.